The van der Waals surface area contributed by atoms with Crippen LogP contribution in [0.2, 0.25) is 0 Å². The number of aromatic nitrogens is 2. The van der Waals surface area contributed by atoms with Gasteiger partial charge in [0.25, 0.3) is 0 Å². The van der Waals surface area contributed by atoms with Crippen molar-refractivity contribution in [3.8, 4) is 0 Å². The Morgan fingerprint density at radius 3 is 2.40 bits per heavy atom. The predicted octanol–water partition coefficient (Wildman–Crippen LogP) is 2.24. The minimum Gasteiger partial charge on any atom is -0.389 e. The average molecular weight is 210 g/mol. The Labute approximate surface area is 92.1 Å². The van der Waals surface area contributed by atoms with E-state index in [-0.39, 0.29) is 5.41 Å². The zero-order chi connectivity index (χ0) is 11.7. The van der Waals surface area contributed by atoms with E-state index in [4.69, 9.17) is 0 Å². The lowest BCUT2D eigenvalue weighted by atomic mass is 9.75. The Kier molecular flexibility index (Phi) is 3.24. The van der Waals surface area contributed by atoms with E-state index in [1.54, 1.807) is 6.20 Å². The fraction of sp³-hybridized carbons (Fsp3) is 0.750. The van der Waals surface area contributed by atoms with E-state index in [1.165, 1.54) is 0 Å². The van der Waals surface area contributed by atoms with Gasteiger partial charge in [-0.3, -0.25) is 0 Å². The molecule has 1 N–H and O–H groups in total. The van der Waals surface area contributed by atoms with E-state index in [0.29, 0.717) is 6.42 Å². The zero-order valence-electron chi connectivity index (χ0n) is 10.4. The number of hydrogen-bond acceptors (Lipinski definition) is 2. The third-order valence-electron chi connectivity index (χ3n) is 3.26. The van der Waals surface area contributed by atoms with Crippen molar-refractivity contribution in [3.05, 3.63) is 18.2 Å². The van der Waals surface area contributed by atoms with Crippen molar-refractivity contribution in [2.45, 2.75) is 53.2 Å². The fourth-order valence-corrected chi connectivity index (χ4v) is 1.37. The van der Waals surface area contributed by atoms with Gasteiger partial charge in [0.2, 0.25) is 0 Å². The van der Waals surface area contributed by atoms with Gasteiger partial charge in [0.1, 0.15) is 5.82 Å². The molecule has 0 aliphatic carbocycles. The van der Waals surface area contributed by atoms with Crippen molar-refractivity contribution in [1.82, 2.24) is 9.55 Å². The summed E-state index contributed by atoms with van der Waals surface area (Å²) in [5, 5.41) is 10.4. The van der Waals surface area contributed by atoms with E-state index >= 15 is 0 Å². The van der Waals surface area contributed by atoms with Crippen LogP contribution in [0.1, 0.15) is 40.4 Å². The van der Waals surface area contributed by atoms with Crippen LogP contribution in [0.4, 0.5) is 0 Å². The van der Waals surface area contributed by atoms with E-state index in [9.17, 15) is 5.11 Å². The standard InChI is InChI=1S/C12H22N2O/c1-6-14-8-7-13-10(14)9-12(5,15)11(2,3)4/h7-8,15H,6,9H2,1-5H3. The quantitative estimate of drug-likeness (QED) is 0.831. The van der Waals surface area contributed by atoms with Crippen LogP contribution >= 0.6 is 0 Å². The van der Waals surface area contributed by atoms with Crippen LogP contribution in [0.3, 0.4) is 0 Å². The van der Waals surface area contributed by atoms with Gasteiger partial charge in [-0.05, 0) is 19.3 Å². The van der Waals surface area contributed by atoms with Crippen molar-refractivity contribution >= 4 is 0 Å². The highest BCUT2D eigenvalue weighted by Crippen LogP contribution is 2.32. The van der Waals surface area contributed by atoms with Gasteiger partial charge in [-0.1, -0.05) is 20.8 Å². The van der Waals surface area contributed by atoms with Crippen molar-refractivity contribution in [1.29, 1.82) is 0 Å². The van der Waals surface area contributed by atoms with Gasteiger partial charge in [-0.2, -0.15) is 0 Å². The summed E-state index contributed by atoms with van der Waals surface area (Å²) in [5.74, 6) is 0.956. The first-order valence-corrected chi connectivity index (χ1v) is 5.50. The number of nitrogens with zero attached hydrogens (tertiary/aromatic N) is 2. The Bertz CT molecular complexity index is 321. The van der Waals surface area contributed by atoms with Crippen LogP contribution in [0.25, 0.3) is 0 Å². The molecule has 3 heteroatoms. The minimum atomic E-state index is -0.731. The number of aryl methyl sites for hydroxylation is 1. The molecule has 0 spiro atoms. The average Bonchev–Trinajstić information content (AvgIpc) is 2.48. The van der Waals surface area contributed by atoms with Crippen LogP contribution in [-0.4, -0.2) is 20.3 Å². The largest absolute Gasteiger partial charge is 0.389 e. The summed E-state index contributed by atoms with van der Waals surface area (Å²) in [6, 6.07) is 0. The van der Waals surface area contributed by atoms with Crippen molar-refractivity contribution in [2.75, 3.05) is 0 Å². The monoisotopic (exact) mass is 210 g/mol. The molecule has 1 rings (SSSR count). The summed E-state index contributed by atoms with van der Waals surface area (Å²) in [7, 11) is 0. The molecule has 86 valence electrons. The number of rotatable bonds is 3. The SMILES string of the molecule is CCn1ccnc1CC(C)(O)C(C)(C)C. The molecule has 1 heterocycles. The Morgan fingerprint density at radius 1 is 1.33 bits per heavy atom. The van der Waals surface area contributed by atoms with Crippen molar-refractivity contribution < 1.29 is 5.11 Å². The second-order valence-corrected chi connectivity index (χ2v) is 5.33. The van der Waals surface area contributed by atoms with E-state index in [1.807, 2.05) is 33.9 Å². The topological polar surface area (TPSA) is 38.0 Å². The number of hydrogen-bond donors (Lipinski definition) is 1. The molecule has 0 saturated carbocycles. The maximum atomic E-state index is 10.4. The highest BCUT2D eigenvalue weighted by Gasteiger charge is 2.36. The van der Waals surface area contributed by atoms with Crippen LogP contribution in [0, 0.1) is 5.41 Å². The summed E-state index contributed by atoms with van der Waals surface area (Å²) < 4.78 is 2.07. The minimum absolute atomic E-state index is 0.141. The first-order valence-electron chi connectivity index (χ1n) is 5.50. The molecule has 1 aromatic heterocycles. The third-order valence-corrected chi connectivity index (χ3v) is 3.26. The molecule has 1 atom stereocenters. The molecule has 0 bridgehead atoms. The van der Waals surface area contributed by atoms with Crippen LogP contribution in [0.15, 0.2) is 12.4 Å². The van der Waals surface area contributed by atoms with E-state index in [2.05, 4.69) is 16.5 Å². The predicted molar refractivity (Wildman–Crippen MR) is 61.7 cm³/mol. The maximum absolute atomic E-state index is 10.4. The molecular formula is C12H22N2O. The van der Waals surface area contributed by atoms with Gasteiger partial charge in [-0.25, -0.2) is 4.98 Å². The molecule has 0 amide bonds. The molecular weight excluding hydrogens is 188 g/mol. The van der Waals surface area contributed by atoms with Gasteiger partial charge in [0.15, 0.2) is 0 Å². The Balaban J connectivity index is 2.86. The highest BCUT2D eigenvalue weighted by molar-refractivity contribution is 5.01. The summed E-state index contributed by atoms with van der Waals surface area (Å²) in [6.45, 7) is 11.0. The van der Waals surface area contributed by atoms with Gasteiger partial charge in [0, 0.05) is 25.4 Å². The van der Waals surface area contributed by atoms with Crippen LogP contribution in [0.5, 0.6) is 0 Å². The molecule has 0 aliphatic rings. The van der Waals surface area contributed by atoms with Gasteiger partial charge >= 0.3 is 0 Å². The van der Waals surface area contributed by atoms with Crippen molar-refractivity contribution in [3.63, 3.8) is 0 Å². The lowest BCUT2D eigenvalue weighted by Crippen LogP contribution is -2.42. The number of aliphatic hydroxyl groups is 1. The van der Waals surface area contributed by atoms with Crippen LogP contribution in [-0.2, 0) is 13.0 Å². The number of imidazole rings is 1. The molecule has 0 fully saturated rings. The Hall–Kier alpha value is -0.830. The molecule has 0 aliphatic heterocycles. The van der Waals surface area contributed by atoms with Crippen molar-refractivity contribution in [2.24, 2.45) is 5.41 Å². The molecule has 15 heavy (non-hydrogen) atoms. The second-order valence-electron chi connectivity index (χ2n) is 5.33. The smallest absolute Gasteiger partial charge is 0.111 e. The summed E-state index contributed by atoms with van der Waals surface area (Å²) >= 11 is 0. The molecule has 0 radical (unpaired) electrons. The van der Waals surface area contributed by atoms with Gasteiger partial charge in [0.05, 0.1) is 5.60 Å². The Morgan fingerprint density at radius 2 is 1.93 bits per heavy atom. The lowest BCUT2D eigenvalue weighted by Gasteiger charge is -2.37. The maximum Gasteiger partial charge on any atom is 0.111 e. The third kappa shape index (κ3) is 2.59. The summed E-state index contributed by atoms with van der Waals surface area (Å²) in [6.07, 6.45) is 4.34. The molecule has 0 saturated heterocycles. The summed E-state index contributed by atoms with van der Waals surface area (Å²) in [5.41, 5.74) is -0.872. The first kappa shape index (κ1) is 12.2. The zero-order valence-corrected chi connectivity index (χ0v) is 10.4. The summed E-state index contributed by atoms with van der Waals surface area (Å²) in [4.78, 5) is 4.29. The normalized spacial score (nSPS) is 16.4. The van der Waals surface area contributed by atoms with Gasteiger partial charge < -0.3 is 9.67 Å². The van der Waals surface area contributed by atoms with E-state index < -0.39 is 5.60 Å². The first-order chi connectivity index (χ1) is 6.78. The molecule has 1 unspecified atom stereocenters. The van der Waals surface area contributed by atoms with Crippen LogP contribution < -0.4 is 0 Å². The molecule has 1 aromatic rings. The highest BCUT2D eigenvalue weighted by atomic mass is 16.3. The molecule has 0 aromatic carbocycles. The fourth-order valence-electron chi connectivity index (χ4n) is 1.37. The van der Waals surface area contributed by atoms with Gasteiger partial charge in [-0.15, -0.1) is 0 Å². The molecule has 3 nitrogen and oxygen atoms in total. The van der Waals surface area contributed by atoms with E-state index in [0.717, 1.165) is 12.4 Å². The second kappa shape index (κ2) is 3.97. The lowest BCUT2D eigenvalue weighted by molar-refractivity contribution is -0.0425.